The fourth-order valence-corrected chi connectivity index (χ4v) is 2.18. The minimum Gasteiger partial charge on any atom is -0.395 e. The van der Waals surface area contributed by atoms with Gasteiger partial charge in [0, 0.05) is 5.69 Å². The van der Waals surface area contributed by atoms with E-state index in [1.165, 1.54) is 12.7 Å². The van der Waals surface area contributed by atoms with Crippen LogP contribution >= 0.6 is 0 Å². The van der Waals surface area contributed by atoms with Gasteiger partial charge in [0.05, 0.1) is 17.3 Å². The number of allylic oxidation sites excluding steroid dienone is 1. The van der Waals surface area contributed by atoms with Crippen molar-refractivity contribution in [1.29, 1.82) is 15.8 Å². The van der Waals surface area contributed by atoms with Gasteiger partial charge in [-0.05, 0) is 24.3 Å². The highest BCUT2D eigenvalue weighted by molar-refractivity contribution is 5.87. The van der Waals surface area contributed by atoms with Gasteiger partial charge in [-0.1, -0.05) is 0 Å². The molecule has 0 aliphatic rings. The zero-order chi connectivity index (χ0) is 17.1. The highest BCUT2D eigenvalue weighted by Gasteiger charge is 2.15. The van der Waals surface area contributed by atoms with Gasteiger partial charge < -0.3 is 5.73 Å². The summed E-state index contributed by atoms with van der Waals surface area (Å²) in [5, 5.41) is 26.8. The highest BCUT2D eigenvalue weighted by Crippen LogP contribution is 2.22. The quantitative estimate of drug-likeness (QED) is 0.705. The summed E-state index contributed by atoms with van der Waals surface area (Å²) in [4.78, 5) is 12.5. The highest BCUT2D eigenvalue weighted by atomic mass is 15.1. The molecule has 0 radical (unpaired) electrons. The number of fused-ring (bicyclic) bond motifs is 1. The predicted octanol–water partition coefficient (Wildman–Crippen LogP) is 1.40. The number of nitrogens with zero attached hydrogens (tertiary/aromatic N) is 7. The molecule has 8 nitrogen and oxygen atoms in total. The second-order valence-electron chi connectivity index (χ2n) is 4.68. The number of nitriles is 3. The lowest BCUT2D eigenvalue weighted by Crippen LogP contribution is -2.04. The topological polar surface area (TPSA) is 141 Å². The molecule has 8 heteroatoms. The third-order valence-corrected chi connectivity index (χ3v) is 3.36. The van der Waals surface area contributed by atoms with Crippen LogP contribution in [0.1, 0.15) is 11.3 Å². The molecular weight excluding hydrogens is 304 g/mol. The number of imidazole rings is 1. The smallest absolute Gasteiger partial charge is 0.168 e. The zero-order valence-electron chi connectivity index (χ0n) is 12.2. The summed E-state index contributed by atoms with van der Waals surface area (Å²) in [6.07, 6.45) is 2.83. The van der Waals surface area contributed by atoms with Crippen LogP contribution in [0.15, 0.2) is 42.5 Å². The maximum absolute atomic E-state index is 8.96. The van der Waals surface area contributed by atoms with Crippen LogP contribution in [0.4, 0.5) is 0 Å². The molecule has 0 aliphatic carbocycles. The van der Waals surface area contributed by atoms with E-state index in [1.807, 2.05) is 0 Å². The third-order valence-electron chi connectivity index (χ3n) is 3.36. The minimum absolute atomic E-state index is 0.0440. The van der Waals surface area contributed by atoms with Crippen molar-refractivity contribution in [1.82, 2.24) is 19.5 Å². The molecule has 0 amide bonds. The number of nitrogens with two attached hydrogens (primary N) is 1. The molecule has 0 atom stereocenters. The molecule has 2 N–H and O–H groups in total. The number of hydrogen-bond acceptors (Lipinski definition) is 7. The van der Waals surface area contributed by atoms with E-state index in [4.69, 9.17) is 21.5 Å². The molecule has 112 valence electrons. The van der Waals surface area contributed by atoms with Gasteiger partial charge in [0.25, 0.3) is 0 Å². The van der Waals surface area contributed by atoms with E-state index in [-0.39, 0.29) is 17.0 Å². The number of rotatable bonds is 2. The second kappa shape index (κ2) is 5.88. The van der Waals surface area contributed by atoms with Crippen LogP contribution in [0.3, 0.4) is 0 Å². The normalized spacial score (nSPS) is 9.71. The molecule has 3 rings (SSSR count). The van der Waals surface area contributed by atoms with Gasteiger partial charge in [0.1, 0.15) is 36.0 Å². The molecule has 0 saturated carbocycles. The van der Waals surface area contributed by atoms with Crippen LogP contribution in [-0.4, -0.2) is 19.5 Å². The van der Waals surface area contributed by atoms with E-state index < -0.39 is 0 Å². The molecule has 2 aromatic heterocycles. The van der Waals surface area contributed by atoms with Crippen LogP contribution in [0.5, 0.6) is 0 Å². The van der Waals surface area contributed by atoms with Crippen LogP contribution in [0, 0.1) is 34.0 Å². The maximum atomic E-state index is 8.96. The maximum Gasteiger partial charge on any atom is 0.168 e. The Morgan fingerprint density at radius 3 is 2.33 bits per heavy atom. The van der Waals surface area contributed by atoms with Gasteiger partial charge in [-0.3, -0.25) is 4.57 Å². The Hall–Kier alpha value is -4.22. The fraction of sp³-hybridized carbons (Fsp3) is 0. The first-order valence-electron chi connectivity index (χ1n) is 6.68. The van der Waals surface area contributed by atoms with Crippen molar-refractivity contribution >= 4 is 16.9 Å². The Bertz CT molecular complexity index is 1070. The van der Waals surface area contributed by atoms with Crippen molar-refractivity contribution in [3.8, 4) is 23.9 Å². The number of hydrogen-bond donors (Lipinski definition) is 1. The minimum atomic E-state index is -0.233. The standard InChI is InChI=1S/C16H8N8/c17-5-10-1-3-12(4-2-10)24-9-23-15-14(21-8-22-16(15)24)13(20)11(6-18)7-19/h1-4,8-9H,20H2. The van der Waals surface area contributed by atoms with E-state index in [0.29, 0.717) is 16.7 Å². The second-order valence-corrected chi connectivity index (χ2v) is 4.68. The van der Waals surface area contributed by atoms with Crippen LogP contribution < -0.4 is 5.73 Å². The summed E-state index contributed by atoms with van der Waals surface area (Å²) in [6, 6.07) is 12.4. The van der Waals surface area contributed by atoms with E-state index in [1.54, 1.807) is 41.0 Å². The Morgan fingerprint density at radius 2 is 1.71 bits per heavy atom. The summed E-state index contributed by atoms with van der Waals surface area (Å²) in [7, 11) is 0. The van der Waals surface area contributed by atoms with Gasteiger partial charge in [-0.15, -0.1) is 0 Å². The number of aromatic nitrogens is 4. The molecule has 0 saturated heterocycles. The first-order chi connectivity index (χ1) is 11.7. The summed E-state index contributed by atoms with van der Waals surface area (Å²) in [5.74, 6) is 0. The molecule has 0 fully saturated rings. The SMILES string of the molecule is N#CC(C#N)=C(N)c1ncnc2c1ncn2-c1ccc(C#N)cc1. The third kappa shape index (κ3) is 2.29. The Morgan fingerprint density at radius 1 is 1.00 bits per heavy atom. The lowest BCUT2D eigenvalue weighted by Gasteiger charge is -2.05. The van der Waals surface area contributed by atoms with Gasteiger partial charge in [-0.25, -0.2) is 15.0 Å². The fourth-order valence-electron chi connectivity index (χ4n) is 2.18. The van der Waals surface area contributed by atoms with Crippen LogP contribution in [0.25, 0.3) is 22.5 Å². The summed E-state index contributed by atoms with van der Waals surface area (Å²) >= 11 is 0. The summed E-state index contributed by atoms with van der Waals surface area (Å²) in [6.45, 7) is 0. The van der Waals surface area contributed by atoms with Crippen molar-refractivity contribution in [2.24, 2.45) is 5.73 Å². The first-order valence-corrected chi connectivity index (χ1v) is 6.68. The van der Waals surface area contributed by atoms with E-state index in [2.05, 4.69) is 21.0 Å². The lowest BCUT2D eigenvalue weighted by atomic mass is 10.2. The van der Waals surface area contributed by atoms with Gasteiger partial charge in [0.15, 0.2) is 11.2 Å². The van der Waals surface area contributed by atoms with Crippen LogP contribution in [0.2, 0.25) is 0 Å². The Kier molecular flexibility index (Phi) is 3.60. The first kappa shape index (κ1) is 14.7. The Labute approximate surface area is 136 Å². The molecule has 0 aliphatic heterocycles. The van der Waals surface area contributed by atoms with E-state index in [0.717, 1.165) is 5.69 Å². The summed E-state index contributed by atoms with van der Waals surface area (Å²) in [5.41, 5.74) is 7.97. The van der Waals surface area contributed by atoms with E-state index >= 15 is 0 Å². The molecule has 0 spiro atoms. The molecule has 3 aromatic rings. The van der Waals surface area contributed by atoms with Crippen molar-refractivity contribution in [2.75, 3.05) is 0 Å². The molecule has 2 heterocycles. The summed E-state index contributed by atoms with van der Waals surface area (Å²) < 4.78 is 1.70. The molecular formula is C16H8N8. The monoisotopic (exact) mass is 312 g/mol. The molecule has 0 bridgehead atoms. The van der Waals surface area contributed by atoms with Gasteiger partial charge in [0.2, 0.25) is 0 Å². The van der Waals surface area contributed by atoms with Crippen molar-refractivity contribution < 1.29 is 0 Å². The average Bonchev–Trinajstić information content (AvgIpc) is 3.06. The van der Waals surface area contributed by atoms with Crippen molar-refractivity contribution in [2.45, 2.75) is 0 Å². The largest absolute Gasteiger partial charge is 0.395 e. The van der Waals surface area contributed by atoms with Crippen molar-refractivity contribution in [3.05, 3.63) is 53.8 Å². The zero-order valence-corrected chi connectivity index (χ0v) is 12.2. The Balaban J connectivity index is 2.21. The van der Waals surface area contributed by atoms with Gasteiger partial charge >= 0.3 is 0 Å². The lowest BCUT2D eigenvalue weighted by molar-refractivity contribution is 1.06. The van der Waals surface area contributed by atoms with Crippen molar-refractivity contribution in [3.63, 3.8) is 0 Å². The number of benzene rings is 1. The van der Waals surface area contributed by atoms with Crippen LogP contribution in [-0.2, 0) is 0 Å². The average molecular weight is 312 g/mol. The van der Waals surface area contributed by atoms with Gasteiger partial charge in [-0.2, -0.15) is 15.8 Å². The molecule has 24 heavy (non-hydrogen) atoms. The predicted molar refractivity (Wildman–Crippen MR) is 83.7 cm³/mol. The molecule has 1 aromatic carbocycles. The van der Waals surface area contributed by atoms with E-state index in [9.17, 15) is 0 Å². The molecule has 0 unspecified atom stereocenters.